The zero-order valence-corrected chi connectivity index (χ0v) is 9.48. The molecule has 1 atom stereocenters. The SMILES string of the molecule is O=C(CS(=O)(=O)F)C1CCCS(=O)(=O)C1. The fourth-order valence-electron chi connectivity index (χ4n) is 1.56. The predicted molar refractivity (Wildman–Crippen MR) is 51.3 cm³/mol. The van der Waals surface area contributed by atoms with Gasteiger partial charge in [0.25, 0.3) is 0 Å². The molecule has 0 amide bonds. The van der Waals surface area contributed by atoms with Crippen LogP contribution >= 0.6 is 0 Å². The van der Waals surface area contributed by atoms with E-state index in [1.807, 2.05) is 0 Å². The molecule has 0 bridgehead atoms. The third kappa shape index (κ3) is 4.25. The summed E-state index contributed by atoms with van der Waals surface area (Å²) in [7, 11) is -8.12. The number of rotatable bonds is 3. The Morgan fingerprint density at radius 3 is 2.47 bits per heavy atom. The van der Waals surface area contributed by atoms with Gasteiger partial charge >= 0.3 is 10.2 Å². The highest BCUT2D eigenvalue weighted by atomic mass is 32.3. The van der Waals surface area contributed by atoms with Crippen LogP contribution in [-0.4, -0.2) is 39.9 Å². The molecule has 1 rings (SSSR count). The van der Waals surface area contributed by atoms with E-state index in [4.69, 9.17) is 0 Å². The normalized spacial score (nSPS) is 26.1. The highest BCUT2D eigenvalue weighted by Crippen LogP contribution is 2.19. The predicted octanol–water partition coefficient (Wildman–Crippen LogP) is -0.320. The molecular formula is C7H11FO5S2. The first-order valence-electron chi connectivity index (χ1n) is 4.35. The van der Waals surface area contributed by atoms with Crippen LogP contribution in [0.25, 0.3) is 0 Å². The molecule has 0 spiro atoms. The Morgan fingerprint density at radius 1 is 1.40 bits per heavy atom. The third-order valence-electron chi connectivity index (χ3n) is 2.23. The molecule has 1 saturated heterocycles. The van der Waals surface area contributed by atoms with Crippen molar-refractivity contribution in [2.75, 3.05) is 17.3 Å². The van der Waals surface area contributed by atoms with Gasteiger partial charge in [-0.3, -0.25) is 4.79 Å². The van der Waals surface area contributed by atoms with Gasteiger partial charge in [0.2, 0.25) is 0 Å². The first kappa shape index (κ1) is 12.6. The Kier molecular flexibility index (Phi) is 3.49. The summed E-state index contributed by atoms with van der Waals surface area (Å²) in [6.07, 6.45) is 0.638. The average molecular weight is 258 g/mol. The Balaban J connectivity index is 2.69. The zero-order valence-electron chi connectivity index (χ0n) is 7.85. The fraction of sp³-hybridized carbons (Fsp3) is 0.857. The van der Waals surface area contributed by atoms with Crippen molar-refractivity contribution in [3.05, 3.63) is 0 Å². The molecule has 0 N–H and O–H groups in total. The van der Waals surface area contributed by atoms with Gasteiger partial charge in [-0.15, -0.1) is 3.89 Å². The van der Waals surface area contributed by atoms with E-state index < -0.39 is 37.5 Å². The number of halogens is 1. The molecule has 1 aliphatic heterocycles. The van der Waals surface area contributed by atoms with Crippen molar-refractivity contribution in [1.82, 2.24) is 0 Å². The lowest BCUT2D eigenvalue weighted by Gasteiger charge is -2.19. The smallest absolute Gasteiger partial charge is 0.298 e. The minimum atomic E-state index is -4.85. The number of carbonyl (C=O) groups is 1. The second-order valence-electron chi connectivity index (χ2n) is 3.60. The molecule has 88 valence electrons. The molecule has 1 unspecified atom stereocenters. The maximum absolute atomic E-state index is 12.2. The summed E-state index contributed by atoms with van der Waals surface area (Å²) in [5, 5.41) is 0. The molecule has 0 radical (unpaired) electrons. The van der Waals surface area contributed by atoms with E-state index >= 15 is 0 Å². The topological polar surface area (TPSA) is 85.3 Å². The maximum atomic E-state index is 12.2. The quantitative estimate of drug-likeness (QED) is 0.648. The van der Waals surface area contributed by atoms with E-state index in [1.54, 1.807) is 0 Å². The molecule has 15 heavy (non-hydrogen) atoms. The van der Waals surface area contributed by atoms with Crippen molar-refractivity contribution in [3.8, 4) is 0 Å². The molecule has 1 heterocycles. The van der Waals surface area contributed by atoms with Gasteiger partial charge in [-0.2, -0.15) is 8.42 Å². The van der Waals surface area contributed by atoms with Gasteiger partial charge in [0.05, 0.1) is 11.5 Å². The standard InChI is InChI=1S/C7H11FO5S2/c8-15(12,13)5-7(9)6-2-1-3-14(10,11)4-6/h6H,1-5H2. The molecular weight excluding hydrogens is 247 g/mol. The van der Waals surface area contributed by atoms with E-state index in [-0.39, 0.29) is 11.5 Å². The minimum absolute atomic E-state index is 0.0131. The lowest BCUT2D eigenvalue weighted by molar-refractivity contribution is -0.120. The number of ketones is 1. The Morgan fingerprint density at radius 2 is 2.00 bits per heavy atom. The number of hydrogen-bond donors (Lipinski definition) is 0. The molecule has 5 nitrogen and oxygen atoms in total. The fourth-order valence-corrected chi connectivity index (χ4v) is 3.88. The van der Waals surface area contributed by atoms with E-state index in [2.05, 4.69) is 0 Å². The Labute approximate surface area is 87.8 Å². The van der Waals surface area contributed by atoms with Crippen LogP contribution in [-0.2, 0) is 24.9 Å². The van der Waals surface area contributed by atoms with Crippen LogP contribution in [0.15, 0.2) is 0 Å². The lowest BCUT2D eigenvalue weighted by Crippen LogP contribution is -2.33. The van der Waals surface area contributed by atoms with Gasteiger partial charge in [0.1, 0.15) is 5.75 Å². The van der Waals surface area contributed by atoms with Crippen LogP contribution in [0, 0.1) is 5.92 Å². The van der Waals surface area contributed by atoms with E-state index in [0.717, 1.165) is 0 Å². The van der Waals surface area contributed by atoms with E-state index in [9.17, 15) is 25.5 Å². The lowest BCUT2D eigenvalue weighted by atomic mass is 10.0. The van der Waals surface area contributed by atoms with Crippen LogP contribution in [0.1, 0.15) is 12.8 Å². The third-order valence-corrected chi connectivity index (χ3v) is 4.68. The van der Waals surface area contributed by atoms with Crippen LogP contribution in [0.4, 0.5) is 3.89 Å². The van der Waals surface area contributed by atoms with Gasteiger partial charge in [0.15, 0.2) is 15.6 Å². The molecule has 1 aliphatic rings. The van der Waals surface area contributed by atoms with Crippen molar-refractivity contribution in [2.45, 2.75) is 12.8 Å². The average Bonchev–Trinajstić information content (AvgIpc) is 1.99. The highest BCUT2D eigenvalue weighted by molar-refractivity contribution is 7.91. The van der Waals surface area contributed by atoms with Crippen molar-refractivity contribution < 1.29 is 25.5 Å². The molecule has 0 aromatic heterocycles. The molecule has 1 fully saturated rings. The van der Waals surface area contributed by atoms with Crippen LogP contribution < -0.4 is 0 Å². The summed E-state index contributed by atoms with van der Waals surface area (Å²) in [6.45, 7) is 0. The number of carbonyl (C=O) groups excluding carboxylic acids is 1. The van der Waals surface area contributed by atoms with E-state index in [0.29, 0.717) is 12.8 Å². The number of Topliss-reactive ketones (excluding diaryl/α,β-unsaturated/α-hetero) is 1. The highest BCUT2D eigenvalue weighted by Gasteiger charge is 2.31. The summed E-state index contributed by atoms with van der Waals surface area (Å²) in [5.41, 5.74) is 0. The first-order valence-corrected chi connectivity index (χ1v) is 7.72. The summed E-state index contributed by atoms with van der Waals surface area (Å²) in [5.74, 6) is -3.27. The molecule has 0 aromatic carbocycles. The molecule has 0 saturated carbocycles. The summed E-state index contributed by atoms with van der Waals surface area (Å²) < 4.78 is 54.9. The van der Waals surface area contributed by atoms with Crippen molar-refractivity contribution in [2.24, 2.45) is 5.92 Å². The first-order chi connectivity index (χ1) is 6.70. The van der Waals surface area contributed by atoms with Gasteiger partial charge in [-0.1, -0.05) is 0 Å². The monoisotopic (exact) mass is 258 g/mol. The van der Waals surface area contributed by atoms with Crippen LogP contribution in [0.5, 0.6) is 0 Å². The summed E-state index contributed by atoms with van der Waals surface area (Å²) >= 11 is 0. The van der Waals surface area contributed by atoms with Crippen LogP contribution in [0.3, 0.4) is 0 Å². The molecule has 0 aromatic rings. The van der Waals surface area contributed by atoms with Crippen molar-refractivity contribution >= 4 is 25.8 Å². The van der Waals surface area contributed by atoms with Gasteiger partial charge in [0, 0.05) is 5.92 Å². The number of hydrogen-bond acceptors (Lipinski definition) is 5. The molecule has 0 aliphatic carbocycles. The maximum Gasteiger partial charge on any atom is 0.309 e. The summed E-state index contributed by atoms with van der Waals surface area (Å²) in [6, 6.07) is 0. The number of sulfone groups is 1. The largest absolute Gasteiger partial charge is 0.309 e. The zero-order chi connectivity index (χ0) is 11.7. The second kappa shape index (κ2) is 4.17. The molecule has 8 heteroatoms. The van der Waals surface area contributed by atoms with Crippen LogP contribution in [0.2, 0.25) is 0 Å². The van der Waals surface area contributed by atoms with Gasteiger partial charge < -0.3 is 0 Å². The summed E-state index contributed by atoms with van der Waals surface area (Å²) in [4.78, 5) is 11.2. The second-order valence-corrected chi connectivity index (χ2v) is 7.20. The van der Waals surface area contributed by atoms with Crippen molar-refractivity contribution in [3.63, 3.8) is 0 Å². The minimum Gasteiger partial charge on any atom is -0.298 e. The Bertz CT molecular complexity index is 450. The van der Waals surface area contributed by atoms with Crippen molar-refractivity contribution in [1.29, 1.82) is 0 Å². The van der Waals surface area contributed by atoms with E-state index in [1.165, 1.54) is 0 Å². The Hall–Kier alpha value is -0.500. The van der Waals surface area contributed by atoms with Gasteiger partial charge in [-0.25, -0.2) is 8.42 Å². The van der Waals surface area contributed by atoms with Gasteiger partial charge in [-0.05, 0) is 12.8 Å².